The van der Waals surface area contributed by atoms with Gasteiger partial charge in [0, 0.05) is 25.0 Å². The minimum Gasteiger partial charge on any atom is -0.457 e. The van der Waals surface area contributed by atoms with E-state index in [0.717, 1.165) is 11.4 Å². The summed E-state index contributed by atoms with van der Waals surface area (Å²) in [5.74, 6) is 1.31. The lowest BCUT2D eigenvalue weighted by atomic mass is 10.3. The Morgan fingerprint density at radius 3 is 1.83 bits per heavy atom. The summed E-state index contributed by atoms with van der Waals surface area (Å²) in [7, 11) is 0. The number of hydrogen-bond donors (Lipinski definition) is 1. The van der Waals surface area contributed by atoms with Crippen LogP contribution < -0.4 is 15.7 Å². The van der Waals surface area contributed by atoms with Gasteiger partial charge in [0.15, 0.2) is 0 Å². The van der Waals surface area contributed by atoms with Crippen LogP contribution >= 0.6 is 0 Å². The first kappa shape index (κ1) is 18.3. The molecule has 0 aliphatic rings. The van der Waals surface area contributed by atoms with Gasteiger partial charge in [-0.25, -0.2) is 4.79 Å². The van der Waals surface area contributed by atoms with Crippen molar-refractivity contribution in [3.63, 3.8) is 0 Å². The molecule has 1 amide bonds. The first-order valence-electron chi connectivity index (χ1n) is 9.11. The number of para-hydroxylation sites is 1. The number of carbonyl (C=O) groups is 1. The Labute approximate surface area is 167 Å². The van der Waals surface area contributed by atoms with Crippen LogP contribution in [0.1, 0.15) is 6.92 Å². The van der Waals surface area contributed by atoms with Crippen molar-refractivity contribution >= 4 is 11.6 Å². The molecule has 3 aromatic carbocycles. The smallest absolute Gasteiger partial charge is 0.337 e. The lowest BCUT2D eigenvalue weighted by Crippen LogP contribution is -2.21. The first-order chi connectivity index (χ1) is 14.1. The van der Waals surface area contributed by atoms with Crippen molar-refractivity contribution in [3.8, 4) is 22.9 Å². The van der Waals surface area contributed by atoms with Gasteiger partial charge in [-0.1, -0.05) is 18.2 Å². The molecule has 0 saturated heterocycles. The summed E-state index contributed by atoms with van der Waals surface area (Å²) in [5, 5.41) is 2.71. The summed E-state index contributed by atoms with van der Waals surface area (Å²) in [6.07, 6.45) is 3.43. The van der Waals surface area contributed by atoms with Crippen LogP contribution in [-0.2, 0) is 4.79 Å². The van der Waals surface area contributed by atoms with Crippen LogP contribution in [0.2, 0.25) is 0 Å². The van der Waals surface area contributed by atoms with Crippen molar-refractivity contribution in [2.45, 2.75) is 6.92 Å². The topological polar surface area (TPSA) is 65.3 Å². The van der Waals surface area contributed by atoms with Crippen molar-refractivity contribution in [2.24, 2.45) is 0 Å². The quantitative estimate of drug-likeness (QED) is 0.554. The van der Waals surface area contributed by atoms with Crippen LogP contribution in [0.25, 0.3) is 11.4 Å². The van der Waals surface area contributed by atoms with Crippen molar-refractivity contribution in [1.29, 1.82) is 0 Å². The molecular weight excluding hydrogens is 366 g/mol. The Morgan fingerprint density at radius 2 is 1.28 bits per heavy atom. The highest BCUT2D eigenvalue weighted by Crippen LogP contribution is 2.22. The molecule has 0 saturated carbocycles. The van der Waals surface area contributed by atoms with Gasteiger partial charge < -0.3 is 10.1 Å². The molecule has 0 fully saturated rings. The average Bonchev–Trinajstić information content (AvgIpc) is 3.11. The Bertz CT molecular complexity index is 1170. The molecule has 0 aliphatic heterocycles. The normalized spacial score (nSPS) is 10.5. The minimum absolute atomic E-state index is 0.138. The molecule has 0 bridgehead atoms. The highest BCUT2D eigenvalue weighted by molar-refractivity contribution is 5.88. The van der Waals surface area contributed by atoms with Crippen molar-refractivity contribution in [3.05, 3.63) is 102 Å². The highest BCUT2D eigenvalue weighted by atomic mass is 16.5. The van der Waals surface area contributed by atoms with Crippen LogP contribution in [0.5, 0.6) is 11.5 Å². The highest BCUT2D eigenvalue weighted by Gasteiger charge is 2.08. The molecule has 0 spiro atoms. The summed E-state index contributed by atoms with van der Waals surface area (Å²) in [5.41, 5.74) is 1.95. The van der Waals surface area contributed by atoms with E-state index >= 15 is 0 Å². The number of benzene rings is 3. The molecule has 0 aliphatic carbocycles. The van der Waals surface area contributed by atoms with Gasteiger partial charge in [-0.15, -0.1) is 0 Å². The van der Waals surface area contributed by atoms with Gasteiger partial charge >= 0.3 is 5.69 Å². The number of imidazole rings is 1. The predicted molar refractivity (Wildman–Crippen MR) is 112 cm³/mol. The molecule has 6 heteroatoms. The molecule has 144 valence electrons. The summed E-state index contributed by atoms with van der Waals surface area (Å²) in [4.78, 5) is 24.0. The van der Waals surface area contributed by atoms with Crippen LogP contribution in [0.3, 0.4) is 0 Å². The third-order valence-electron chi connectivity index (χ3n) is 4.34. The molecule has 1 aromatic heterocycles. The maximum absolute atomic E-state index is 12.8. The zero-order valence-corrected chi connectivity index (χ0v) is 15.8. The number of amides is 1. The van der Waals surface area contributed by atoms with Gasteiger partial charge in [-0.2, -0.15) is 0 Å². The van der Waals surface area contributed by atoms with E-state index in [2.05, 4.69) is 5.32 Å². The fourth-order valence-corrected chi connectivity index (χ4v) is 2.98. The van der Waals surface area contributed by atoms with Gasteiger partial charge in [0.05, 0.1) is 11.4 Å². The van der Waals surface area contributed by atoms with E-state index < -0.39 is 0 Å². The first-order valence-corrected chi connectivity index (χ1v) is 9.11. The number of nitrogens with one attached hydrogen (secondary N) is 1. The molecule has 0 radical (unpaired) electrons. The van der Waals surface area contributed by atoms with Crippen LogP contribution in [0.4, 0.5) is 5.69 Å². The molecule has 0 atom stereocenters. The minimum atomic E-state index is -0.186. The van der Waals surface area contributed by atoms with Gasteiger partial charge in [-0.3, -0.25) is 13.9 Å². The Balaban J connectivity index is 1.55. The lowest BCUT2D eigenvalue weighted by molar-refractivity contribution is -0.114. The SMILES string of the molecule is CC(=O)Nc1ccc(-n2ccn(-c3ccc(Oc4ccccc4)cc3)c2=O)cc1. The van der Waals surface area contributed by atoms with Crippen molar-refractivity contribution < 1.29 is 9.53 Å². The van der Waals surface area contributed by atoms with E-state index in [4.69, 9.17) is 4.74 Å². The van der Waals surface area contributed by atoms with Gasteiger partial charge in [0.1, 0.15) is 11.5 Å². The largest absolute Gasteiger partial charge is 0.457 e. The van der Waals surface area contributed by atoms with Gasteiger partial charge in [0.2, 0.25) is 5.91 Å². The van der Waals surface area contributed by atoms with Crippen molar-refractivity contribution in [2.75, 3.05) is 5.32 Å². The predicted octanol–water partition coefficient (Wildman–Crippen LogP) is 4.38. The second kappa shape index (κ2) is 7.90. The zero-order chi connectivity index (χ0) is 20.2. The van der Waals surface area contributed by atoms with E-state index in [1.54, 1.807) is 45.8 Å². The molecule has 29 heavy (non-hydrogen) atoms. The van der Waals surface area contributed by atoms with E-state index in [-0.39, 0.29) is 11.6 Å². The van der Waals surface area contributed by atoms with Gasteiger partial charge in [-0.05, 0) is 60.7 Å². The van der Waals surface area contributed by atoms with Crippen LogP contribution in [-0.4, -0.2) is 15.0 Å². The van der Waals surface area contributed by atoms with E-state index in [9.17, 15) is 9.59 Å². The number of hydrogen-bond acceptors (Lipinski definition) is 3. The summed E-state index contributed by atoms with van der Waals surface area (Å²) in [6.45, 7) is 1.45. The second-order valence-electron chi connectivity index (χ2n) is 6.46. The third kappa shape index (κ3) is 4.11. The fraction of sp³-hybridized carbons (Fsp3) is 0.0435. The Hall–Kier alpha value is -4.06. The number of carbonyl (C=O) groups excluding carboxylic acids is 1. The average molecular weight is 385 g/mol. The molecule has 1 N–H and O–H groups in total. The van der Waals surface area contributed by atoms with Crippen LogP contribution in [0.15, 0.2) is 96.1 Å². The molecule has 0 unspecified atom stereocenters. The third-order valence-corrected chi connectivity index (χ3v) is 4.34. The molecular formula is C23H19N3O3. The summed E-state index contributed by atoms with van der Waals surface area (Å²) >= 11 is 0. The molecule has 6 nitrogen and oxygen atoms in total. The monoisotopic (exact) mass is 385 g/mol. The zero-order valence-electron chi connectivity index (χ0n) is 15.8. The molecule has 4 rings (SSSR count). The lowest BCUT2D eigenvalue weighted by Gasteiger charge is -2.07. The number of aromatic nitrogens is 2. The molecule has 1 heterocycles. The van der Waals surface area contributed by atoms with Gasteiger partial charge in [0.25, 0.3) is 0 Å². The van der Waals surface area contributed by atoms with Crippen molar-refractivity contribution in [1.82, 2.24) is 9.13 Å². The summed E-state index contributed by atoms with van der Waals surface area (Å²) in [6, 6.07) is 23.9. The number of rotatable bonds is 5. The fourth-order valence-electron chi connectivity index (χ4n) is 2.98. The molecule has 4 aromatic rings. The van der Waals surface area contributed by atoms with E-state index in [0.29, 0.717) is 17.1 Å². The van der Waals surface area contributed by atoms with E-state index in [1.165, 1.54) is 6.92 Å². The number of nitrogens with zero attached hydrogens (tertiary/aromatic N) is 2. The Kier molecular flexibility index (Phi) is 4.99. The summed E-state index contributed by atoms with van der Waals surface area (Å²) < 4.78 is 8.90. The Morgan fingerprint density at radius 1 is 0.759 bits per heavy atom. The van der Waals surface area contributed by atoms with E-state index in [1.807, 2.05) is 54.6 Å². The maximum atomic E-state index is 12.8. The maximum Gasteiger partial charge on any atom is 0.337 e. The number of ether oxygens (including phenoxy) is 1. The number of anilines is 1. The standard InChI is InChI=1S/C23H19N3O3/c1-17(27)24-18-7-9-19(10-8-18)25-15-16-26(23(25)28)20-11-13-22(14-12-20)29-21-5-3-2-4-6-21/h2-16H,1H3,(H,24,27). The van der Waals surface area contributed by atoms with Crippen LogP contribution in [0, 0.1) is 0 Å². The second-order valence-corrected chi connectivity index (χ2v) is 6.46.